The van der Waals surface area contributed by atoms with Gasteiger partial charge in [-0.3, -0.25) is 9.59 Å². The lowest BCUT2D eigenvalue weighted by molar-refractivity contribution is -0.133. The van der Waals surface area contributed by atoms with Crippen molar-refractivity contribution in [1.82, 2.24) is 15.4 Å². The standard InChI is InChI=1S/C13H19N3O3/c1-10-7-11(15-19-10)8-12(17)14-9-13(18)16-5-3-2-4-6-16/h7H,2-6,8-9H2,1H3,(H,14,17). The Morgan fingerprint density at radius 1 is 1.37 bits per heavy atom. The summed E-state index contributed by atoms with van der Waals surface area (Å²) >= 11 is 0. The predicted molar refractivity (Wildman–Crippen MR) is 68.4 cm³/mol. The van der Waals surface area contributed by atoms with Crippen molar-refractivity contribution < 1.29 is 14.1 Å². The zero-order valence-electron chi connectivity index (χ0n) is 11.1. The zero-order valence-corrected chi connectivity index (χ0v) is 11.1. The van der Waals surface area contributed by atoms with Gasteiger partial charge in [0.15, 0.2) is 0 Å². The van der Waals surface area contributed by atoms with Gasteiger partial charge in [0.05, 0.1) is 18.7 Å². The number of nitrogens with one attached hydrogen (secondary N) is 1. The minimum Gasteiger partial charge on any atom is -0.361 e. The Morgan fingerprint density at radius 3 is 2.74 bits per heavy atom. The lowest BCUT2D eigenvalue weighted by Crippen LogP contribution is -2.42. The van der Waals surface area contributed by atoms with E-state index in [0.29, 0.717) is 11.5 Å². The van der Waals surface area contributed by atoms with Gasteiger partial charge in [-0.1, -0.05) is 5.16 Å². The quantitative estimate of drug-likeness (QED) is 0.867. The lowest BCUT2D eigenvalue weighted by atomic mass is 10.1. The summed E-state index contributed by atoms with van der Waals surface area (Å²) in [6.07, 6.45) is 3.43. The number of carbonyl (C=O) groups is 2. The molecule has 19 heavy (non-hydrogen) atoms. The average Bonchev–Trinajstić information content (AvgIpc) is 2.82. The van der Waals surface area contributed by atoms with E-state index < -0.39 is 0 Å². The summed E-state index contributed by atoms with van der Waals surface area (Å²) in [6, 6.07) is 1.71. The van der Waals surface area contributed by atoms with Crippen LogP contribution in [-0.4, -0.2) is 41.5 Å². The van der Waals surface area contributed by atoms with Crippen LogP contribution >= 0.6 is 0 Å². The molecule has 1 saturated heterocycles. The third-order valence-electron chi connectivity index (χ3n) is 3.16. The van der Waals surface area contributed by atoms with Gasteiger partial charge >= 0.3 is 0 Å². The molecule has 0 unspecified atom stereocenters. The molecule has 6 nitrogen and oxygen atoms in total. The van der Waals surface area contributed by atoms with Gasteiger partial charge < -0.3 is 14.7 Å². The fourth-order valence-corrected chi connectivity index (χ4v) is 2.16. The van der Waals surface area contributed by atoms with Crippen molar-refractivity contribution in [3.8, 4) is 0 Å². The van der Waals surface area contributed by atoms with E-state index >= 15 is 0 Å². The first-order valence-corrected chi connectivity index (χ1v) is 6.62. The highest BCUT2D eigenvalue weighted by molar-refractivity contribution is 5.85. The van der Waals surface area contributed by atoms with Gasteiger partial charge in [-0.05, 0) is 26.2 Å². The monoisotopic (exact) mass is 265 g/mol. The molecular formula is C13H19N3O3. The van der Waals surface area contributed by atoms with Crippen LogP contribution in [0.5, 0.6) is 0 Å². The highest BCUT2D eigenvalue weighted by Gasteiger charge is 2.17. The largest absolute Gasteiger partial charge is 0.361 e. The van der Waals surface area contributed by atoms with Crippen molar-refractivity contribution in [1.29, 1.82) is 0 Å². The summed E-state index contributed by atoms with van der Waals surface area (Å²) in [4.78, 5) is 25.3. The summed E-state index contributed by atoms with van der Waals surface area (Å²) in [7, 11) is 0. The second-order valence-corrected chi connectivity index (χ2v) is 4.82. The summed E-state index contributed by atoms with van der Waals surface area (Å²) in [6.45, 7) is 3.44. The van der Waals surface area contributed by atoms with E-state index in [-0.39, 0.29) is 24.8 Å². The van der Waals surface area contributed by atoms with Crippen molar-refractivity contribution in [3.05, 3.63) is 17.5 Å². The second-order valence-electron chi connectivity index (χ2n) is 4.82. The van der Waals surface area contributed by atoms with Crippen LogP contribution in [0.2, 0.25) is 0 Å². The molecule has 1 fully saturated rings. The van der Waals surface area contributed by atoms with Crippen LogP contribution in [0.15, 0.2) is 10.6 Å². The minimum atomic E-state index is -0.210. The van der Waals surface area contributed by atoms with Gasteiger partial charge in [-0.2, -0.15) is 0 Å². The van der Waals surface area contributed by atoms with Gasteiger partial charge in [0.2, 0.25) is 11.8 Å². The SMILES string of the molecule is Cc1cc(CC(=O)NCC(=O)N2CCCCC2)no1. The zero-order chi connectivity index (χ0) is 13.7. The number of hydrogen-bond donors (Lipinski definition) is 1. The van der Waals surface area contributed by atoms with Crippen LogP contribution in [0.4, 0.5) is 0 Å². The number of piperidine rings is 1. The number of aromatic nitrogens is 1. The number of hydrogen-bond acceptors (Lipinski definition) is 4. The number of aryl methyl sites for hydroxylation is 1. The Balaban J connectivity index is 1.72. The highest BCUT2D eigenvalue weighted by atomic mass is 16.5. The van der Waals surface area contributed by atoms with Gasteiger partial charge in [-0.25, -0.2) is 0 Å². The predicted octanol–water partition coefficient (Wildman–Crippen LogP) is 0.654. The van der Waals surface area contributed by atoms with E-state index in [1.165, 1.54) is 6.42 Å². The average molecular weight is 265 g/mol. The Hall–Kier alpha value is -1.85. The molecule has 0 aromatic carbocycles. The molecule has 0 saturated carbocycles. The molecule has 1 N–H and O–H groups in total. The van der Waals surface area contributed by atoms with Crippen LogP contribution in [0.1, 0.15) is 30.7 Å². The Bertz CT molecular complexity index is 450. The molecule has 0 bridgehead atoms. The molecule has 104 valence electrons. The molecule has 2 amide bonds. The number of nitrogens with zero attached hydrogens (tertiary/aromatic N) is 2. The first-order chi connectivity index (χ1) is 9.15. The van der Waals surface area contributed by atoms with E-state index in [1.807, 2.05) is 4.90 Å². The van der Waals surface area contributed by atoms with Crippen LogP contribution in [0.3, 0.4) is 0 Å². The summed E-state index contributed by atoms with van der Waals surface area (Å²) in [5.41, 5.74) is 0.584. The first-order valence-electron chi connectivity index (χ1n) is 6.62. The molecule has 0 aliphatic carbocycles. The molecule has 1 aliphatic heterocycles. The fourth-order valence-electron chi connectivity index (χ4n) is 2.16. The van der Waals surface area contributed by atoms with Crippen LogP contribution in [-0.2, 0) is 16.0 Å². The van der Waals surface area contributed by atoms with Crippen LogP contribution in [0, 0.1) is 6.92 Å². The van der Waals surface area contributed by atoms with Crippen molar-refractivity contribution in [2.45, 2.75) is 32.6 Å². The van der Waals surface area contributed by atoms with E-state index in [2.05, 4.69) is 10.5 Å². The topological polar surface area (TPSA) is 75.4 Å². The van der Waals surface area contributed by atoms with Crippen molar-refractivity contribution in [3.63, 3.8) is 0 Å². The maximum atomic E-state index is 11.8. The molecule has 0 radical (unpaired) electrons. The highest BCUT2D eigenvalue weighted by Crippen LogP contribution is 2.08. The molecule has 1 aromatic heterocycles. The first kappa shape index (κ1) is 13.6. The number of rotatable bonds is 4. The molecule has 0 spiro atoms. The Kier molecular flexibility index (Phi) is 4.54. The lowest BCUT2D eigenvalue weighted by Gasteiger charge is -2.26. The van der Waals surface area contributed by atoms with Crippen molar-refractivity contribution in [2.24, 2.45) is 0 Å². The second kappa shape index (κ2) is 6.36. The summed E-state index contributed by atoms with van der Waals surface area (Å²) in [5.74, 6) is 0.454. The van der Waals surface area contributed by atoms with Gasteiger partial charge in [0.25, 0.3) is 0 Å². The van der Waals surface area contributed by atoms with Crippen LogP contribution in [0.25, 0.3) is 0 Å². The van der Waals surface area contributed by atoms with E-state index in [0.717, 1.165) is 25.9 Å². The Morgan fingerprint density at radius 2 is 2.11 bits per heavy atom. The normalized spacial score (nSPS) is 15.3. The minimum absolute atomic E-state index is 0.00983. The molecular weight excluding hydrogens is 246 g/mol. The van der Waals surface area contributed by atoms with E-state index in [9.17, 15) is 9.59 Å². The van der Waals surface area contributed by atoms with Crippen LogP contribution < -0.4 is 5.32 Å². The molecule has 1 aliphatic rings. The van der Waals surface area contributed by atoms with Crippen molar-refractivity contribution >= 4 is 11.8 Å². The van der Waals surface area contributed by atoms with Crippen molar-refractivity contribution in [2.75, 3.05) is 19.6 Å². The molecule has 0 atom stereocenters. The maximum Gasteiger partial charge on any atom is 0.241 e. The molecule has 6 heteroatoms. The molecule has 2 heterocycles. The number of likely N-dealkylation sites (tertiary alicyclic amines) is 1. The number of amides is 2. The molecule has 1 aromatic rings. The van der Waals surface area contributed by atoms with E-state index in [4.69, 9.17) is 4.52 Å². The third-order valence-corrected chi connectivity index (χ3v) is 3.16. The Labute approximate surface area is 112 Å². The fraction of sp³-hybridized carbons (Fsp3) is 0.615. The third kappa shape index (κ3) is 4.08. The van der Waals surface area contributed by atoms with Gasteiger partial charge in [-0.15, -0.1) is 0 Å². The van der Waals surface area contributed by atoms with Gasteiger partial charge in [0, 0.05) is 19.2 Å². The number of carbonyl (C=O) groups excluding carboxylic acids is 2. The maximum absolute atomic E-state index is 11.8. The van der Waals surface area contributed by atoms with E-state index in [1.54, 1.807) is 13.0 Å². The molecule has 2 rings (SSSR count). The summed E-state index contributed by atoms with van der Waals surface area (Å²) < 4.78 is 4.88. The summed E-state index contributed by atoms with van der Waals surface area (Å²) in [5, 5.41) is 6.37. The van der Waals surface area contributed by atoms with Gasteiger partial charge in [0.1, 0.15) is 5.76 Å². The smallest absolute Gasteiger partial charge is 0.241 e.